The van der Waals surface area contributed by atoms with Crippen LogP contribution >= 0.6 is 11.6 Å². The summed E-state index contributed by atoms with van der Waals surface area (Å²) in [6.07, 6.45) is 1.73. The third-order valence-corrected chi connectivity index (χ3v) is 4.96. The number of carbonyl (C=O) groups excluding carboxylic acids is 1. The lowest BCUT2D eigenvalue weighted by atomic mass is 10.2. The molecule has 162 valence electrons. The van der Waals surface area contributed by atoms with Gasteiger partial charge in [-0.1, -0.05) is 29.8 Å². The highest BCUT2D eigenvalue weighted by Gasteiger charge is 2.17. The highest BCUT2D eigenvalue weighted by Crippen LogP contribution is 2.20. The number of aryl methyl sites for hydroxylation is 2. The van der Waals surface area contributed by atoms with Gasteiger partial charge < -0.3 is 9.47 Å². The number of halogens is 1. The molecule has 0 radical (unpaired) electrons. The molecule has 0 aliphatic heterocycles. The van der Waals surface area contributed by atoms with Crippen LogP contribution in [0.3, 0.4) is 0 Å². The molecule has 3 heterocycles. The fourth-order valence-corrected chi connectivity index (χ4v) is 3.28. The maximum absolute atomic E-state index is 12.6. The number of aromatic nitrogens is 4. The smallest absolute Gasteiger partial charge is 0.358 e. The molecular formula is C24H21ClN4O3. The minimum atomic E-state index is -0.603. The van der Waals surface area contributed by atoms with E-state index in [1.807, 2.05) is 62.4 Å². The van der Waals surface area contributed by atoms with Crippen LogP contribution in [0.25, 0.3) is 5.82 Å². The zero-order valence-electron chi connectivity index (χ0n) is 17.7. The SMILES string of the molecule is Cc1cc(C)n(-c2ccc(Cl)c(C(=O)OCc3ccc(OCc4ccccn4)cc3)n2)n1. The fraction of sp³-hybridized carbons (Fsp3) is 0.167. The van der Waals surface area contributed by atoms with Gasteiger partial charge in [-0.15, -0.1) is 0 Å². The molecule has 0 spiro atoms. The number of ether oxygens (including phenoxy) is 2. The zero-order valence-corrected chi connectivity index (χ0v) is 18.4. The van der Waals surface area contributed by atoms with Gasteiger partial charge in [-0.2, -0.15) is 5.10 Å². The Morgan fingerprint density at radius 2 is 1.84 bits per heavy atom. The van der Waals surface area contributed by atoms with E-state index in [9.17, 15) is 4.79 Å². The number of carbonyl (C=O) groups is 1. The van der Waals surface area contributed by atoms with Crippen LogP contribution in [0.15, 0.2) is 66.9 Å². The molecule has 4 rings (SSSR count). The van der Waals surface area contributed by atoms with E-state index in [0.717, 1.165) is 22.6 Å². The highest BCUT2D eigenvalue weighted by atomic mass is 35.5. The lowest BCUT2D eigenvalue weighted by Gasteiger charge is -2.09. The Bertz CT molecular complexity index is 1220. The molecule has 7 nitrogen and oxygen atoms in total. The van der Waals surface area contributed by atoms with Crippen LogP contribution in [0.5, 0.6) is 5.75 Å². The van der Waals surface area contributed by atoms with Crippen molar-refractivity contribution < 1.29 is 14.3 Å². The number of nitrogens with zero attached hydrogens (tertiary/aromatic N) is 4. The monoisotopic (exact) mass is 448 g/mol. The summed E-state index contributed by atoms with van der Waals surface area (Å²) in [4.78, 5) is 21.2. The predicted octanol–water partition coefficient (Wildman–Crippen LogP) is 4.87. The van der Waals surface area contributed by atoms with Crippen LogP contribution in [-0.4, -0.2) is 25.7 Å². The predicted molar refractivity (Wildman–Crippen MR) is 120 cm³/mol. The molecule has 0 aliphatic carbocycles. The van der Waals surface area contributed by atoms with E-state index >= 15 is 0 Å². The van der Waals surface area contributed by atoms with Crippen molar-refractivity contribution in [1.82, 2.24) is 19.7 Å². The summed E-state index contributed by atoms with van der Waals surface area (Å²) in [6.45, 7) is 4.27. The van der Waals surface area contributed by atoms with E-state index in [1.165, 1.54) is 0 Å². The molecule has 0 saturated heterocycles. The molecule has 0 aliphatic rings. The average Bonchev–Trinajstić information content (AvgIpc) is 3.15. The van der Waals surface area contributed by atoms with Gasteiger partial charge in [-0.3, -0.25) is 4.98 Å². The largest absolute Gasteiger partial charge is 0.487 e. The number of hydrogen-bond acceptors (Lipinski definition) is 6. The maximum Gasteiger partial charge on any atom is 0.358 e. The average molecular weight is 449 g/mol. The third-order valence-electron chi connectivity index (χ3n) is 4.66. The topological polar surface area (TPSA) is 79.1 Å². The summed E-state index contributed by atoms with van der Waals surface area (Å²) in [5, 5.41) is 4.61. The Labute approximate surface area is 190 Å². The van der Waals surface area contributed by atoms with Crippen molar-refractivity contribution in [2.75, 3.05) is 0 Å². The summed E-state index contributed by atoms with van der Waals surface area (Å²) in [7, 11) is 0. The molecular weight excluding hydrogens is 428 g/mol. The third kappa shape index (κ3) is 5.12. The Morgan fingerprint density at radius 3 is 2.53 bits per heavy atom. The van der Waals surface area contributed by atoms with E-state index in [-0.39, 0.29) is 17.3 Å². The minimum Gasteiger partial charge on any atom is -0.487 e. The molecule has 0 bridgehead atoms. The fourth-order valence-electron chi connectivity index (χ4n) is 3.09. The molecule has 3 aromatic heterocycles. The molecule has 0 N–H and O–H groups in total. The molecule has 0 amide bonds. The van der Waals surface area contributed by atoms with Crippen LogP contribution in [0, 0.1) is 13.8 Å². The second-order valence-electron chi connectivity index (χ2n) is 7.17. The first-order valence-corrected chi connectivity index (χ1v) is 10.4. The first kappa shape index (κ1) is 21.5. The Morgan fingerprint density at radius 1 is 1.03 bits per heavy atom. The number of benzene rings is 1. The normalized spacial score (nSPS) is 10.7. The van der Waals surface area contributed by atoms with Gasteiger partial charge in [0.15, 0.2) is 11.5 Å². The molecule has 1 aromatic carbocycles. The van der Waals surface area contributed by atoms with E-state index in [0.29, 0.717) is 18.2 Å². The Kier molecular flexibility index (Phi) is 6.47. The van der Waals surface area contributed by atoms with Gasteiger partial charge >= 0.3 is 5.97 Å². The zero-order chi connectivity index (χ0) is 22.5. The van der Waals surface area contributed by atoms with Crippen molar-refractivity contribution in [2.45, 2.75) is 27.1 Å². The van der Waals surface area contributed by atoms with Gasteiger partial charge in [-0.05, 0) is 61.9 Å². The van der Waals surface area contributed by atoms with E-state index in [1.54, 1.807) is 23.0 Å². The number of pyridine rings is 2. The van der Waals surface area contributed by atoms with Crippen LogP contribution in [0.4, 0.5) is 0 Å². The molecule has 0 fully saturated rings. The minimum absolute atomic E-state index is 0.0482. The summed E-state index contributed by atoms with van der Waals surface area (Å²) in [5.74, 6) is 0.600. The molecule has 0 atom stereocenters. The second-order valence-corrected chi connectivity index (χ2v) is 7.58. The second kappa shape index (κ2) is 9.62. The standard InChI is InChI=1S/C24H21ClN4O3/c1-16-13-17(2)29(28-16)22-11-10-21(25)23(27-22)24(30)32-14-18-6-8-20(9-7-18)31-15-19-5-3-4-12-26-19/h3-13H,14-15H2,1-2H3. The quantitative estimate of drug-likeness (QED) is 0.375. The molecule has 32 heavy (non-hydrogen) atoms. The number of hydrogen-bond donors (Lipinski definition) is 0. The van der Waals surface area contributed by atoms with Crippen molar-refractivity contribution in [3.8, 4) is 11.6 Å². The van der Waals surface area contributed by atoms with Crippen LogP contribution in [0.2, 0.25) is 5.02 Å². The molecule has 8 heteroatoms. The molecule has 0 unspecified atom stereocenters. The lowest BCUT2D eigenvalue weighted by molar-refractivity contribution is 0.0466. The Hall–Kier alpha value is -3.71. The van der Waals surface area contributed by atoms with Gasteiger partial charge in [-0.25, -0.2) is 14.5 Å². The number of rotatable bonds is 7. The summed E-state index contributed by atoms with van der Waals surface area (Å²) < 4.78 is 12.8. The maximum atomic E-state index is 12.6. The first-order valence-electron chi connectivity index (χ1n) is 9.98. The van der Waals surface area contributed by atoms with E-state index in [2.05, 4.69) is 15.1 Å². The van der Waals surface area contributed by atoms with Gasteiger partial charge in [0.25, 0.3) is 0 Å². The summed E-state index contributed by atoms with van der Waals surface area (Å²) in [5.41, 5.74) is 3.47. The van der Waals surface area contributed by atoms with Crippen molar-refractivity contribution in [3.63, 3.8) is 0 Å². The van der Waals surface area contributed by atoms with Crippen molar-refractivity contribution in [3.05, 3.63) is 100 Å². The van der Waals surface area contributed by atoms with E-state index in [4.69, 9.17) is 21.1 Å². The van der Waals surface area contributed by atoms with Crippen molar-refractivity contribution >= 4 is 17.6 Å². The van der Waals surface area contributed by atoms with Gasteiger partial charge in [0.05, 0.1) is 16.4 Å². The highest BCUT2D eigenvalue weighted by molar-refractivity contribution is 6.33. The molecule has 4 aromatic rings. The van der Waals surface area contributed by atoms with Crippen molar-refractivity contribution in [2.24, 2.45) is 0 Å². The van der Waals surface area contributed by atoms with Crippen LogP contribution in [0.1, 0.15) is 33.1 Å². The van der Waals surface area contributed by atoms with Crippen LogP contribution in [-0.2, 0) is 18.0 Å². The number of esters is 1. The summed E-state index contributed by atoms with van der Waals surface area (Å²) in [6, 6.07) is 18.2. The first-order chi connectivity index (χ1) is 15.5. The summed E-state index contributed by atoms with van der Waals surface area (Å²) >= 11 is 6.20. The van der Waals surface area contributed by atoms with Crippen LogP contribution < -0.4 is 4.74 Å². The van der Waals surface area contributed by atoms with E-state index < -0.39 is 5.97 Å². The molecule has 0 saturated carbocycles. The van der Waals surface area contributed by atoms with Gasteiger partial charge in [0.1, 0.15) is 19.0 Å². The Balaban J connectivity index is 1.38. The van der Waals surface area contributed by atoms with Gasteiger partial charge in [0.2, 0.25) is 0 Å². The van der Waals surface area contributed by atoms with Crippen molar-refractivity contribution in [1.29, 1.82) is 0 Å². The van der Waals surface area contributed by atoms with Gasteiger partial charge in [0, 0.05) is 11.9 Å². The lowest BCUT2D eigenvalue weighted by Crippen LogP contribution is -2.11.